The number of nitrogens with one attached hydrogen (secondary N) is 1. The minimum Gasteiger partial charge on any atom is -0.291 e. The highest BCUT2D eigenvalue weighted by Crippen LogP contribution is 2.39. The average Bonchev–Trinajstić information content (AvgIpc) is 3.10. The molecule has 1 N–H and O–H groups in total. The molecule has 28 heavy (non-hydrogen) atoms. The minimum atomic E-state index is -0.538. The molecule has 0 radical (unpaired) electrons. The molecule has 1 aromatic carbocycles. The topological polar surface area (TPSA) is 69.9 Å². The van der Waals surface area contributed by atoms with Gasteiger partial charge in [0.05, 0.1) is 19.9 Å². The monoisotopic (exact) mass is 475 g/mol. The van der Waals surface area contributed by atoms with Gasteiger partial charge in [0.1, 0.15) is 0 Å². The molecule has 9 heteroatoms. The van der Waals surface area contributed by atoms with Crippen LogP contribution in [0.3, 0.4) is 0 Å². The predicted octanol–water partition coefficient (Wildman–Crippen LogP) is 3.74. The maximum absolute atomic E-state index is 13.0. The Morgan fingerprint density at radius 1 is 1.43 bits per heavy atom. The van der Waals surface area contributed by atoms with Crippen LogP contribution in [0.25, 0.3) is 11.3 Å². The second kappa shape index (κ2) is 7.65. The van der Waals surface area contributed by atoms with E-state index in [-0.39, 0.29) is 11.5 Å². The van der Waals surface area contributed by atoms with Gasteiger partial charge in [-0.3, -0.25) is 14.6 Å². The molecule has 0 unspecified atom stereocenters. The number of benzene rings is 1. The summed E-state index contributed by atoms with van der Waals surface area (Å²) in [6.07, 6.45) is 1.21. The van der Waals surface area contributed by atoms with Crippen LogP contribution in [0.5, 0.6) is 0 Å². The standard InChI is InChI=1S/C19H15BrN4O2S2/c1-3-10-27-19-21-17(26)16-12-6-4-5-7-13(12)23(11(2)25)18(24(16)22-19)14-8-9-15(20)28-14/h3-9,18H,1,10H2,2H3/p+1/t18-/m0/s1. The number of aromatic nitrogens is 3. The highest BCUT2D eigenvalue weighted by molar-refractivity contribution is 9.11. The normalized spacial score (nSPS) is 15.1. The second-order valence-electron chi connectivity index (χ2n) is 6.07. The number of thioether (sulfide) groups is 1. The molecule has 0 saturated heterocycles. The molecule has 1 atom stereocenters. The lowest BCUT2D eigenvalue weighted by molar-refractivity contribution is -0.762. The number of thiophene rings is 1. The molecule has 142 valence electrons. The van der Waals surface area contributed by atoms with Gasteiger partial charge in [-0.2, -0.15) is 0 Å². The molecular weight excluding hydrogens is 460 g/mol. The Balaban J connectivity index is 2.03. The second-order valence-corrected chi connectivity index (χ2v) is 9.58. The third kappa shape index (κ3) is 3.23. The molecule has 0 aliphatic carbocycles. The number of aromatic amines is 1. The van der Waals surface area contributed by atoms with Crippen LogP contribution in [0, 0.1) is 0 Å². The van der Waals surface area contributed by atoms with Crippen molar-refractivity contribution >= 4 is 50.6 Å². The fourth-order valence-corrected chi connectivity index (χ4v) is 5.33. The van der Waals surface area contributed by atoms with Crippen molar-refractivity contribution in [3.63, 3.8) is 0 Å². The third-order valence-corrected chi connectivity index (χ3v) is 6.81. The average molecular weight is 476 g/mol. The summed E-state index contributed by atoms with van der Waals surface area (Å²) < 4.78 is 2.60. The minimum absolute atomic E-state index is 0.123. The van der Waals surface area contributed by atoms with Crippen LogP contribution in [-0.4, -0.2) is 21.7 Å². The first-order chi connectivity index (χ1) is 13.5. The molecule has 0 fully saturated rings. The number of carbonyl (C=O) groups is 1. The maximum atomic E-state index is 13.0. The fourth-order valence-electron chi connectivity index (χ4n) is 3.24. The highest BCUT2D eigenvalue weighted by Gasteiger charge is 2.45. The lowest BCUT2D eigenvalue weighted by Crippen LogP contribution is -2.60. The van der Waals surface area contributed by atoms with Crippen molar-refractivity contribution in [1.29, 1.82) is 0 Å². The summed E-state index contributed by atoms with van der Waals surface area (Å²) in [5.74, 6) is 0.493. The van der Waals surface area contributed by atoms with E-state index in [4.69, 9.17) is 0 Å². The number of nitrogens with zero attached hydrogens (tertiary/aromatic N) is 3. The van der Waals surface area contributed by atoms with Crippen molar-refractivity contribution in [2.75, 3.05) is 10.7 Å². The van der Waals surface area contributed by atoms with E-state index in [0.717, 1.165) is 8.66 Å². The van der Waals surface area contributed by atoms with Gasteiger partial charge >= 0.3 is 17.4 Å². The summed E-state index contributed by atoms with van der Waals surface area (Å²) in [4.78, 5) is 31.1. The summed E-state index contributed by atoms with van der Waals surface area (Å²) in [6.45, 7) is 5.24. The van der Waals surface area contributed by atoms with E-state index in [1.54, 1.807) is 15.7 Å². The largest absolute Gasteiger partial charge is 0.325 e. The van der Waals surface area contributed by atoms with Gasteiger partial charge in [-0.1, -0.05) is 30.0 Å². The van der Waals surface area contributed by atoms with Crippen LogP contribution in [-0.2, 0) is 4.79 Å². The molecule has 6 nitrogen and oxygen atoms in total. The quantitative estimate of drug-likeness (QED) is 0.354. The molecule has 1 aliphatic rings. The van der Waals surface area contributed by atoms with Gasteiger partial charge in [0.2, 0.25) is 11.1 Å². The van der Waals surface area contributed by atoms with Crippen molar-refractivity contribution < 1.29 is 9.48 Å². The number of halogens is 1. The van der Waals surface area contributed by atoms with Crippen molar-refractivity contribution in [3.05, 3.63) is 68.1 Å². The van der Waals surface area contributed by atoms with Gasteiger partial charge in [0.15, 0.2) is 0 Å². The van der Waals surface area contributed by atoms with Crippen LogP contribution in [0.2, 0.25) is 0 Å². The molecule has 3 heterocycles. The fraction of sp³-hybridized carbons (Fsp3) is 0.158. The van der Waals surface area contributed by atoms with Gasteiger partial charge in [-0.25, -0.2) is 4.90 Å². The Kier molecular flexibility index (Phi) is 5.22. The zero-order valence-electron chi connectivity index (χ0n) is 14.9. The van der Waals surface area contributed by atoms with E-state index >= 15 is 0 Å². The number of H-pyrrole nitrogens is 1. The molecule has 0 bridgehead atoms. The predicted molar refractivity (Wildman–Crippen MR) is 115 cm³/mol. The lowest BCUT2D eigenvalue weighted by Gasteiger charge is -2.30. The number of rotatable bonds is 4. The van der Waals surface area contributed by atoms with Crippen LogP contribution in [0.15, 0.2) is 62.8 Å². The Morgan fingerprint density at radius 3 is 2.89 bits per heavy atom. The van der Waals surface area contributed by atoms with E-state index in [9.17, 15) is 9.59 Å². The van der Waals surface area contributed by atoms with Crippen molar-refractivity contribution in [2.45, 2.75) is 18.2 Å². The van der Waals surface area contributed by atoms with Crippen LogP contribution >= 0.6 is 39.0 Å². The summed E-state index contributed by atoms with van der Waals surface area (Å²) in [5.41, 5.74) is 1.57. The van der Waals surface area contributed by atoms with E-state index in [1.165, 1.54) is 30.0 Å². The van der Waals surface area contributed by atoms with Crippen LogP contribution in [0.1, 0.15) is 18.0 Å². The first-order valence-corrected chi connectivity index (χ1v) is 11.0. The smallest absolute Gasteiger partial charge is 0.291 e. The lowest BCUT2D eigenvalue weighted by atomic mass is 10.0. The number of fused-ring (bicyclic) bond motifs is 3. The summed E-state index contributed by atoms with van der Waals surface area (Å²) in [5, 5.41) is 5.17. The van der Waals surface area contributed by atoms with E-state index in [2.05, 4.69) is 32.6 Å². The Bertz CT molecular complexity index is 1140. The summed E-state index contributed by atoms with van der Waals surface area (Å²) in [6, 6.07) is 11.3. The van der Waals surface area contributed by atoms with Crippen LogP contribution < -0.4 is 15.1 Å². The number of anilines is 1. The Labute approximate surface area is 178 Å². The van der Waals surface area contributed by atoms with Crippen molar-refractivity contribution in [1.82, 2.24) is 10.1 Å². The summed E-state index contributed by atoms with van der Waals surface area (Å²) in [7, 11) is 0. The SMILES string of the molecule is C=CCSc1n[n+]2c(c(=O)[nH]1)-c1ccccc1N(C(C)=O)[C@@H]2c1ccc(Br)s1. The van der Waals surface area contributed by atoms with Gasteiger partial charge in [0, 0.05) is 17.8 Å². The maximum Gasteiger partial charge on any atom is 0.325 e. The number of carbonyl (C=O) groups excluding carboxylic acids is 1. The van der Waals surface area contributed by atoms with Gasteiger partial charge in [-0.05, 0) is 44.9 Å². The van der Waals surface area contributed by atoms with Gasteiger partial charge in [-0.15, -0.1) is 17.9 Å². The molecular formula is C19H16BrN4O2S2+. The Morgan fingerprint density at radius 2 is 2.21 bits per heavy atom. The van der Waals surface area contributed by atoms with E-state index in [1.807, 2.05) is 36.4 Å². The number of para-hydroxylation sites is 1. The van der Waals surface area contributed by atoms with E-state index < -0.39 is 6.17 Å². The van der Waals surface area contributed by atoms with Gasteiger partial charge in [0.25, 0.3) is 0 Å². The van der Waals surface area contributed by atoms with Crippen LogP contribution in [0.4, 0.5) is 5.69 Å². The summed E-state index contributed by atoms with van der Waals surface area (Å²) >= 11 is 6.39. The van der Waals surface area contributed by atoms with Crippen molar-refractivity contribution in [2.24, 2.45) is 0 Å². The highest BCUT2D eigenvalue weighted by atomic mass is 79.9. The zero-order valence-corrected chi connectivity index (χ0v) is 18.1. The van der Waals surface area contributed by atoms with Gasteiger partial charge < -0.3 is 0 Å². The molecule has 1 aliphatic heterocycles. The molecule has 2 aromatic heterocycles. The van der Waals surface area contributed by atoms with E-state index in [0.29, 0.717) is 27.9 Å². The first kappa shape index (κ1) is 19.1. The third-order valence-electron chi connectivity index (χ3n) is 4.28. The zero-order chi connectivity index (χ0) is 19.8. The van der Waals surface area contributed by atoms with Crippen molar-refractivity contribution in [3.8, 4) is 11.3 Å². The number of amides is 1. The Hall–Kier alpha value is -2.23. The molecule has 0 saturated carbocycles. The first-order valence-electron chi connectivity index (χ1n) is 8.45. The number of hydrogen-bond acceptors (Lipinski definition) is 5. The number of hydrogen-bond donors (Lipinski definition) is 1. The molecule has 4 rings (SSSR count). The molecule has 0 spiro atoms. The molecule has 3 aromatic rings. The molecule has 1 amide bonds.